The summed E-state index contributed by atoms with van der Waals surface area (Å²) in [5.41, 5.74) is 5.90. The zero-order chi connectivity index (χ0) is 13.9. The molecule has 0 aliphatic rings. The Balaban J connectivity index is 2.19. The van der Waals surface area contributed by atoms with Crippen LogP contribution in [-0.2, 0) is 16.6 Å². The first-order chi connectivity index (χ1) is 9.03. The van der Waals surface area contributed by atoms with Gasteiger partial charge in [-0.1, -0.05) is 6.07 Å². The van der Waals surface area contributed by atoms with Gasteiger partial charge in [-0.3, -0.25) is 0 Å². The number of hydrogen-bond acceptors (Lipinski definition) is 5. The van der Waals surface area contributed by atoms with Crippen molar-refractivity contribution in [3.63, 3.8) is 0 Å². The molecule has 102 valence electrons. The van der Waals surface area contributed by atoms with Crippen molar-refractivity contribution in [1.82, 2.24) is 4.72 Å². The van der Waals surface area contributed by atoms with Gasteiger partial charge in [-0.15, -0.1) is 11.3 Å². The topological polar surface area (TPSA) is 81.4 Å². The lowest BCUT2D eigenvalue weighted by molar-refractivity contribution is 0.414. The number of thiophene rings is 1. The Labute approximate surface area is 116 Å². The molecule has 0 atom stereocenters. The second kappa shape index (κ2) is 5.60. The van der Waals surface area contributed by atoms with E-state index in [1.54, 1.807) is 6.07 Å². The average Bonchev–Trinajstić information content (AvgIpc) is 2.89. The molecule has 1 aromatic carbocycles. The molecule has 7 heteroatoms. The van der Waals surface area contributed by atoms with Crippen molar-refractivity contribution in [2.24, 2.45) is 0 Å². The number of rotatable bonds is 5. The van der Waals surface area contributed by atoms with E-state index in [0.717, 1.165) is 4.88 Å². The number of sulfonamides is 1. The van der Waals surface area contributed by atoms with E-state index in [1.165, 1.54) is 30.6 Å². The second-order valence-electron chi connectivity index (χ2n) is 3.81. The normalized spacial score (nSPS) is 11.4. The zero-order valence-corrected chi connectivity index (χ0v) is 11.9. The molecule has 2 rings (SSSR count). The highest BCUT2D eigenvalue weighted by Gasteiger charge is 2.17. The van der Waals surface area contributed by atoms with Crippen molar-refractivity contribution in [1.29, 1.82) is 0 Å². The van der Waals surface area contributed by atoms with Gasteiger partial charge in [0, 0.05) is 17.5 Å². The van der Waals surface area contributed by atoms with Crippen molar-refractivity contribution < 1.29 is 13.2 Å². The summed E-state index contributed by atoms with van der Waals surface area (Å²) in [5, 5.41) is 1.89. The summed E-state index contributed by atoms with van der Waals surface area (Å²) in [4.78, 5) is 1.00. The Bertz CT molecular complexity index is 652. The third kappa shape index (κ3) is 3.25. The molecule has 0 unspecified atom stereocenters. The monoisotopic (exact) mass is 298 g/mol. The minimum atomic E-state index is -3.62. The first-order valence-corrected chi connectivity index (χ1v) is 7.85. The van der Waals surface area contributed by atoms with Crippen LogP contribution >= 0.6 is 11.3 Å². The highest BCUT2D eigenvalue weighted by molar-refractivity contribution is 7.89. The standard InChI is InChI=1S/C12H14N2O3S2/c1-17-9-4-5-12(11(13)7-9)19(15,16)14-8-10-3-2-6-18-10/h2-7,14H,8,13H2,1H3. The van der Waals surface area contributed by atoms with Crippen molar-refractivity contribution >= 4 is 27.0 Å². The fraction of sp³-hybridized carbons (Fsp3) is 0.167. The summed E-state index contributed by atoms with van der Waals surface area (Å²) in [5.74, 6) is 0.523. The van der Waals surface area contributed by atoms with Crippen LogP contribution < -0.4 is 15.2 Å². The Kier molecular flexibility index (Phi) is 4.08. The summed E-state index contributed by atoms with van der Waals surface area (Å²) in [7, 11) is -2.12. The number of nitrogen functional groups attached to an aromatic ring is 1. The predicted molar refractivity (Wildman–Crippen MR) is 75.8 cm³/mol. The SMILES string of the molecule is COc1ccc(S(=O)(=O)NCc2cccs2)c(N)c1. The summed E-state index contributed by atoms with van der Waals surface area (Å²) in [6.45, 7) is 0.255. The minimum absolute atomic E-state index is 0.0601. The molecule has 2 aromatic rings. The third-order valence-corrected chi connectivity index (χ3v) is 4.87. The summed E-state index contributed by atoms with van der Waals surface area (Å²) in [6.07, 6.45) is 0. The lowest BCUT2D eigenvalue weighted by Gasteiger charge is -2.09. The van der Waals surface area contributed by atoms with E-state index < -0.39 is 10.0 Å². The second-order valence-corrected chi connectivity index (χ2v) is 6.58. The first-order valence-electron chi connectivity index (χ1n) is 5.48. The molecule has 0 aliphatic carbocycles. The highest BCUT2D eigenvalue weighted by Crippen LogP contribution is 2.23. The fourth-order valence-electron chi connectivity index (χ4n) is 1.56. The zero-order valence-electron chi connectivity index (χ0n) is 10.3. The Hall–Kier alpha value is -1.57. The average molecular weight is 298 g/mol. The molecule has 0 bridgehead atoms. The molecule has 3 N–H and O–H groups in total. The van der Waals surface area contributed by atoms with Crippen molar-refractivity contribution in [2.45, 2.75) is 11.4 Å². The summed E-state index contributed by atoms with van der Waals surface area (Å²) < 4.78 is 31.7. The maximum Gasteiger partial charge on any atom is 0.242 e. The van der Waals surface area contributed by atoms with E-state index in [9.17, 15) is 8.42 Å². The lowest BCUT2D eigenvalue weighted by atomic mass is 10.3. The van der Waals surface area contributed by atoms with Crippen molar-refractivity contribution in [3.8, 4) is 5.75 Å². The fourth-order valence-corrected chi connectivity index (χ4v) is 3.41. The van der Waals surface area contributed by atoms with Gasteiger partial charge >= 0.3 is 0 Å². The molecule has 0 aliphatic heterocycles. The Morgan fingerprint density at radius 3 is 2.74 bits per heavy atom. The molecule has 19 heavy (non-hydrogen) atoms. The van der Waals surface area contributed by atoms with Gasteiger partial charge in [-0.25, -0.2) is 13.1 Å². The molecule has 0 saturated heterocycles. The van der Waals surface area contributed by atoms with Crippen molar-refractivity contribution in [2.75, 3.05) is 12.8 Å². The predicted octanol–water partition coefficient (Wildman–Crippen LogP) is 1.82. The maximum absolute atomic E-state index is 12.1. The summed E-state index contributed by atoms with van der Waals surface area (Å²) >= 11 is 1.49. The quantitative estimate of drug-likeness (QED) is 0.825. The number of benzene rings is 1. The van der Waals surface area contributed by atoms with E-state index >= 15 is 0 Å². The molecule has 1 aromatic heterocycles. The highest BCUT2D eigenvalue weighted by atomic mass is 32.2. The van der Waals surface area contributed by atoms with E-state index in [4.69, 9.17) is 10.5 Å². The molecular weight excluding hydrogens is 284 g/mol. The van der Waals surface area contributed by atoms with Gasteiger partial charge in [0.25, 0.3) is 0 Å². The number of methoxy groups -OCH3 is 1. The molecule has 0 saturated carbocycles. The van der Waals surface area contributed by atoms with E-state index in [0.29, 0.717) is 5.75 Å². The maximum atomic E-state index is 12.1. The molecule has 5 nitrogen and oxygen atoms in total. The molecule has 0 radical (unpaired) electrons. The molecule has 0 amide bonds. The van der Waals surface area contributed by atoms with Gasteiger partial charge < -0.3 is 10.5 Å². The van der Waals surface area contributed by atoms with Crippen molar-refractivity contribution in [3.05, 3.63) is 40.6 Å². The van der Waals surface area contributed by atoms with E-state index in [2.05, 4.69) is 4.72 Å². The van der Waals surface area contributed by atoms with Gasteiger partial charge in [0.1, 0.15) is 10.6 Å². The number of hydrogen-bond donors (Lipinski definition) is 2. The Morgan fingerprint density at radius 2 is 2.16 bits per heavy atom. The first kappa shape index (κ1) is 13.9. The van der Waals surface area contributed by atoms with Gasteiger partial charge in [-0.2, -0.15) is 0 Å². The number of anilines is 1. The van der Waals surface area contributed by atoms with Crippen LogP contribution in [0.2, 0.25) is 0 Å². The summed E-state index contributed by atoms with van der Waals surface area (Å²) in [6, 6.07) is 8.22. The van der Waals surface area contributed by atoms with Crippen LogP contribution in [0.15, 0.2) is 40.6 Å². The largest absolute Gasteiger partial charge is 0.497 e. The van der Waals surface area contributed by atoms with Gasteiger partial charge in [0.2, 0.25) is 10.0 Å². The lowest BCUT2D eigenvalue weighted by Crippen LogP contribution is -2.23. The van der Waals surface area contributed by atoms with Crippen LogP contribution in [0.3, 0.4) is 0 Å². The molecular formula is C12H14N2O3S2. The smallest absolute Gasteiger partial charge is 0.242 e. The molecule has 0 fully saturated rings. The van der Waals surface area contributed by atoms with Crippen LogP contribution in [0.25, 0.3) is 0 Å². The van der Waals surface area contributed by atoms with E-state index in [-0.39, 0.29) is 17.1 Å². The van der Waals surface area contributed by atoms with Crippen LogP contribution in [0.5, 0.6) is 5.75 Å². The van der Waals surface area contributed by atoms with Crippen LogP contribution in [0, 0.1) is 0 Å². The molecule has 1 heterocycles. The third-order valence-electron chi connectivity index (χ3n) is 2.52. The van der Waals surface area contributed by atoms with Gasteiger partial charge in [-0.05, 0) is 23.6 Å². The van der Waals surface area contributed by atoms with E-state index in [1.807, 2.05) is 17.5 Å². The number of ether oxygens (including phenoxy) is 1. The number of nitrogens with two attached hydrogens (primary N) is 1. The Morgan fingerprint density at radius 1 is 1.37 bits per heavy atom. The van der Waals surface area contributed by atoms with Crippen LogP contribution in [0.1, 0.15) is 4.88 Å². The van der Waals surface area contributed by atoms with Crippen LogP contribution in [0.4, 0.5) is 5.69 Å². The van der Waals surface area contributed by atoms with Gasteiger partial charge in [0.15, 0.2) is 0 Å². The number of nitrogens with one attached hydrogen (secondary N) is 1. The molecule has 0 spiro atoms. The minimum Gasteiger partial charge on any atom is -0.497 e. The van der Waals surface area contributed by atoms with Gasteiger partial charge in [0.05, 0.1) is 12.8 Å². The van der Waals surface area contributed by atoms with Crippen LogP contribution in [-0.4, -0.2) is 15.5 Å².